The van der Waals surface area contributed by atoms with Crippen LogP contribution in [-0.2, 0) is 10.0 Å². The minimum atomic E-state index is -3.86. The summed E-state index contributed by atoms with van der Waals surface area (Å²) in [5.41, 5.74) is 0.539. The lowest BCUT2D eigenvalue weighted by atomic mass is 10.2. The Kier molecular flexibility index (Phi) is 4.63. The minimum Gasteiger partial charge on any atom is -0.478 e. The monoisotopic (exact) mass is 349 g/mol. The Hall–Kier alpha value is -1.08. The molecule has 0 atom stereocenters. The number of carbonyl (C=O) groups is 1. The van der Waals surface area contributed by atoms with Crippen LogP contribution in [-0.4, -0.2) is 36.9 Å². The summed E-state index contributed by atoms with van der Waals surface area (Å²) in [5.74, 6) is -1.36. The number of rotatable bonds is 3. The van der Waals surface area contributed by atoms with Crippen molar-refractivity contribution in [2.75, 3.05) is 13.1 Å². The lowest BCUT2D eigenvalue weighted by Gasteiger charge is -2.26. The van der Waals surface area contributed by atoms with Crippen LogP contribution in [0.5, 0.6) is 0 Å². The number of sulfonamides is 1. The Labute approximate surface area is 132 Å². The standard InChI is InChI=1S/C13H13Cl2NO4S/c1-8-3-2-6-16(7-8)21(19,20)10-5-4-9(14)11(12(10)15)13(17)18/h3-5H,2,6-7H2,1H3,(H,17,18). The zero-order valence-electron chi connectivity index (χ0n) is 11.1. The molecule has 0 saturated carbocycles. The largest absolute Gasteiger partial charge is 0.478 e. The van der Waals surface area contributed by atoms with Gasteiger partial charge in [-0.25, -0.2) is 13.2 Å². The third-order valence-corrected chi connectivity index (χ3v) is 5.89. The van der Waals surface area contributed by atoms with Gasteiger partial charge in [0.25, 0.3) is 0 Å². The van der Waals surface area contributed by atoms with Crippen molar-refractivity contribution in [3.8, 4) is 0 Å². The summed E-state index contributed by atoms with van der Waals surface area (Å²) >= 11 is 11.7. The molecule has 0 unspecified atom stereocenters. The molecular formula is C13H13Cl2NO4S. The first-order valence-electron chi connectivity index (χ1n) is 6.12. The maximum absolute atomic E-state index is 12.6. The van der Waals surface area contributed by atoms with E-state index in [2.05, 4.69) is 0 Å². The number of halogens is 2. The van der Waals surface area contributed by atoms with Crippen LogP contribution in [0.1, 0.15) is 23.7 Å². The van der Waals surface area contributed by atoms with E-state index in [0.29, 0.717) is 13.0 Å². The predicted molar refractivity (Wildman–Crippen MR) is 80.6 cm³/mol. The molecule has 1 N–H and O–H groups in total. The summed E-state index contributed by atoms with van der Waals surface area (Å²) in [6.45, 7) is 2.44. The van der Waals surface area contributed by atoms with E-state index in [1.165, 1.54) is 16.4 Å². The molecule has 1 aliphatic rings. The number of hydrogen-bond acceptors (Lipinski definition) is 3. The molecule has 0 bridgehead atoms. The van der Waals surface area contributed by atoms with E-state index in [0.717, 1.165) is 5.57 Å². The molecule has 114 valence electrons. The second-order valence-electron chi connectivity index (χ2n) is 4.72. The van der Waals surface area contributed by atoms with Crippen LogP contribution in [0.3, 0.4) is 0 Å². The summed E-state index contributed by atoms with van der Waals surface area (Å²) in [4.78, 5) is 10.9. The number of carboxylic acids is 1. The third kappa shape index (κ3) is 3.08. The number of nitrogens with zero attached hydrogens (tertiary/aromatic N) is 1. The molecule has 0 aliphatic carbocycles. The first kappa shape index (κ1) is 16.3. The smallest absolute Gasteiger partial charge is 0.338 e. The third-order valence-electron chi connectivity index (χ3n) is 3.18. The molecule has 1 heterocycles. The van der Waals surface area contributed by atoms with Gasteiger partial charge in [-0.2, -0.15) is 4.31 Å². The fraction of sp³-hybridized carbons (Fsp3) is 0.308. The van der Waals surface area contributed by atoms with Gasteiger partial charge in [-0.3, -0.25) is 0 Å². The molecule has 5 nitrogen and oxygen atoms in total. The molecule has 8 heteroatoms. The van der Waals surface area contributed by atoms with E-state index in [1.807, 2.05) is 13.0 Å². The molecular weight excluding hydrogens is 337 g/mol. The molecule has 2 rings (SSSR count). The van der Waals surface area contributed by atoms with Crippen molar-refractivity contribution in [1.82, 2.24) is 4.31 Å². The van der Waals surface area contributed by atoms with Gasteiger partial charge in [0.05, 0.1) is 15.6 Å². The van der Waals surface area contributed by atoms with Crippen LogP contribution in [0.15, 0.2) is 28.7 Å². The summed E-state index contributed by atoms with van der Waals surface area (Å²) in [6.07, 6.45) is 2.58. The molecule has 1 aromatic rings. The highest BCUT2D eigenvalue weighted by atomic mass is 35.5. The molecule has 1 aliphatic heterocycles. The fourth-order valence-electron chi connectivity index (χ4n) is 2.15. The minimum absolute atomic E-state index is 0.0961. The van der Waals surface area contributed by atoms with Crippen molar-refractivity contribution >= 4 is 39.2 Å². The molecule has 21 heavy (non-hydrogen) atoms. The summed E-state index contributed by atoms with van der Waals surface area (Å²) < 4.78 is 26.5. The van der Waals surface area contributed by atoms with Crippen molar-refractivity contribution in [3.05, 3.63) is 39.4 Å². The van der Waals surface area contributed by atoms with Crippen LogP contribution < -0.4 is 0 Å². The second kappa shape index (κ2) is 5.96. The molecule has 0 aromatic heterocycles. The SMILES string of the molecule is CC1=CCCN(S(=O)(=O)c2ccc(Cl)c(C(=O)O)c2Cl)C1. The quantitative estimate of drug-likeness (QED) is 0.851. The maximum atomic E-state index is 12.6. The van der Waals surface area contributed by atoms with Crippen LogP contribution in [0.4, 0.5) is 0 Å². The van der Waals surface area contributed by atoms with E-state index >= 15 is 0 Å². The molecule has 1 aromatic carbocycles. The second-order valence-corrected chi connectivity index (χ2v) is 7.41. The summed E-state index contributed by atoms with van der Waals surface area (Å²) in [5, 5.41) is 8.65. The normalized spacial score (nSPS) is 16.6. The summed E-state index contributed by atoms with van der Waals surface area (Å²) in [6, 6.07) is 2.47. The van der Waals surface area contributed by atoms with E-state index < -0.39 is 21.6 Å². The fourth-order valence-corrected chi connectivity index (χ4v) is 4.54. The number of benzene rings is 1. The molecule has 0 amide bonds. The van der Waals surface area contributed by atoms with Crippen molar-refractivity contribution in [2.45, 2.75) is 18.2 Å². The maximum Gasteiger partial charge on any atom is 0.338 e. The van der Waals surface area contributed by atoms with Crippen LogP contribution in [0, 0.1) is 0 Å². The van der Waals surface area contributed by atoms with Gasteiger partial charge in [-0.1, -0.05) is 34.9 Å². The van der Waals surface area contributed by atoms with Gasteiger partial charge < -0.3 is 5.11 Å². The highest BCUT2D eigenvalue weighted by Gasteiger charge is 2.30. The average Bonchev–Trinajstić information content (AvgIpc) is 2.37. The Bertz CT molecular complexity index is 728. The Balaban J connectivity index is 2.54. The predicted octanol–water partition coefficient (Wildman–Crippen LogP) is 3.03. The van der Waals surface area contributed by atoms with E-state index in [1.54, 1.807) is 0 Å². The van der Waals surface area contributed by atoms with Gasteiger partial charge in [0, 0.05) is 13.1 Å². The van der Waals surface area contributed by atoms with Gasteiger partial charge in [-0.15, -0.1) is 0 Å². The Morgan fingerprint density at radius 3 is 2.57 bits per heavy atom. The van der Waals surface area contributed by atoms with Gasteiger partial charge >= 0.3 is 5.97 Å². The number of hydrogen-bond donors (Lipinski definition) is 1. The lowest BCUT2D eigenvalue weighted by molar-refractivity contribution is 0.0697. The van der Waals surface area contributed by atoms with Crippen molar-refractivity contribution < 1.29 is 18.3 Å². The molecule has 0 spiro atoms. The summed E-state index contributed by atoms with van der Waals surface area (Å²) in [7, 11) is -3.86. The van der Waals surface area contributed by atoms with E-state index in [4.69, 9.17) is 28.3 Å². The first-order chi connectivity index (χ1) is 9.75. The first-order valence-corrected chi connectivity index (χ1v) is 8.32. The molecule has 0 radical (unpaired) electrons. The lowest BCUT2D eigenvalue weighted by Crippen LogP contribution is -2.35. The van der Waals surface area contributed by atoms with Gasteiger partial charge in [0.1, 0.15) is 4.90 Å². The molecule has 0 fully saturated rings. The van der Waals surface area contributed by atoms with Gasteiger partial charge in [0.2, 0.25) is 10.0 Å². The Morgan fingerprint density at radius 2 is 2.00 bits per heavy atom. The van der Waals surface area contributed by atoms with Crippen molar-refractivity contribution in [1.29, 1.82) is 0 Å². The van der Waals surface area contributed by atoms with Gasteiger partial charge in [0.15, 0.2) is 0 Å². The van der Waals surface area contributed by atoms with E-state index in [-0.39, 0.29) is 21.5 Å². The van der Waals surface area contributed by atoms with Crippen LogP contribution in [0.25, 0.3) is 0 Å². The van der Waals surface area contributed by atoms with E-state index in [9.17, 15) is 13.2 Å². The van der Waals surface area contributed by atoms with Crippen molar-refractivity contribution in [2.24, 2.45) is 0 Å². The number of aromatic carboxylic acids is 1. The number of carboxylic acid groups (broad SMARTS) is 1. The van der Waals surface area contributed by atoms with Crippen LogP contribution in [0.2, 0.25) is 10.0 Å². The zero-order chi connectivity index (χ0) is 15.8. The topological polar surface area (TPSA) is 74.7 Å². The van der Waals surface area contributed by atoms with Crippen LogP contribution >= 0.6 is 23.2 Å². The van der Waals surface area contributed by atoms with Gasteiger partial charge in [-0.05, 0) is 25.5 Å². The van der Waals surface area contributed by atoms with Crippen molar-refractivity contribution in [3.63, 3.8) is 0 Å². The highest BCUT2D eigenvalue weighted by molar-refractivity contribution is 7.89. The molecule has 0 saturated heterocycles. The Morgan fingerprint density at radius 1 is 1.33 bits per heavy atom. The average molecular weight is 350 g/mol. The zero-order valence-corrected chi connectivity index (χ0v) is 13.5. The highest BCUT2D eigenvalue weighted by Crippen LogP contribution is 2.33.